The molecule has 1 aromatic carbocycles. The lowest BCUT2D eigenvalue weighted by Gasteiger charge is -2.42. The second kappa shape index (κ2) is 5.15. The molecular weight excluding hydrogens is 284 g/mol. The molecule has 2 aromatic rings. The summed E-state index contributed by atoms with van der Waals surface area (Å²) < 4.78 is 5.54. The van der Waals surface area contributed by atoms with Crippen LogP contribution in [0.4, 0.5) is 0 Å². The molecule has 0 aliphatic carbocycles. The number of likely N-dealkylation sites (N-methyl/N-ethyl adjacent to an activating group) is 1. The number of benzene rings is 1. The van der Waals surface area contributed by atoms with Crippen LogP contribution < -0.4 is 0 Å². The normalized spacial score (nSPS) is 32.5. The summed E-state index contributed by atoms with van der Waals surface area (Å²) in [5.41, 5.74) is 1.37. The average molecular weight is 303 g/mol. The van der Waals surface area contributed by atoms with Crippen LogP contribution in [0, 0.1) is 0 Å². The zero-order valence-electron chi connectivity index (χ0n) is 12.1. The number of nitrogens with zero attached hydrogens (tertiary/aromatic N) is 2. The third-order valence-corrected chi connectivity index (χ3v) is 5.61. The van der Waals surface area contributed by atoms with Crippen molar-refractivity contribution in [1.29, 1.82) is 0 Å². The number of fused-ring (bicyclic) bond motifs is 2. The Balaban J connectivity index is 1.75. The van der Waals surface area contributed by atoms with E-state index in [0.29, 0.717) is 23.9 Å². The Morgan fingerprint density at radius 3 is 2.71 bits per heavy atom. The first-order valence-corrected chi connectivity index (χ1v) is 8.00. The molecule has 4 atom stereocenters. The van der Waals surface area contributed by atoms with Crippen LogP contribution in [0.1, 0.15) is 42.4 Å². The van der Waals surface area contributed by atoms with Gasteiger partial charge in [0, 0.05) is 29.1 Å². The van der Waals surface area contributed by atoms with Crippen LogP contribution in [0.5, 0.6) is 0 Å². The number of hydrogen-bond donors (Lipinski definition) is 0. The van der Waals surface area contributed by atoms with Crippen molar-refractivity contribution in [3.8, 4) is 0 Å². The van der Waals surface area contributed by atoms with Crippen LogP contribution >= 0.6 is 11.6 Å². The van der Waals surface area contributed by atoms with E-state index >= 15 is 0 Å². The highest BCUT2D eigenvalue weighted by Crippen LogP contribution is 2.50. The molecule has 3 nitrogen and oxygen atoms in total. The first kappa shape index (κ1) is 13.4. The Kier molecular flexibility index (Phi) is 3.27. The molecule has 4 rings (SSSR count). The molecule has 1 unspecified atom stereocenters. The topological polar surface area (TPSA) is 29.3 Å². The fourth-order valence-electron chi connectivity index (χ4n) is 4.30. The van der Waals surface area contributed by atoms with Gasteiger partial charge in [-0.05, 0) is 49.9 Å². The second-order valence-corrected chi connectivity index (χ2v) is 6.73. The Hall–Kier alpha value is -1.32. The number of piperidine rings is 1. The van der Waals surface area contributed by atoms with Crippen molar-refractivity contribution in [3.63, 3.8) is 0 Å². The quantitative estimate of drug-likeness (QED) is 0.837. The zero-order valence-corrected chi connectivity index (χ0v) is 12.8. The average Bonchev–Trinajstić information content (AvgIpc) is 3.08. The fourth-order valence-corrected chi connectivity index (χ4v) is 4.43. The Bertz CT molecular complexity index is 610. The van der Waals surface area contributed by atoms with Gasteiger partial charge in [-0.25, -0.2) is 0 Å². The van der Waals surface area contributed by atoms with Gasteiger partial charge in [0.2, 0.25) is 0 Å². The van der Waals surface area contributed by atoms with E-state index in [4.69, 9.17) is 16.1 Å². The second-order valence-electron chi connectivity index (χ2n) is 6.30. The van der Waals surface area contributed by atoms with Crippen LogP contribution in [-0.2, 0) is 0 Å². The van der Waals surface area contributed by atoms with E-state index in [0.717, 1.165) is 10.8 Å². The molecule has 4 heteroatoms. The van der Waals surface area contributed by atoms with Gasteiger partial charge in [0.05, 0.1) is 6.20 Å². The van der Waals surface area contributed by atoms with Crippen molar-refractivity contribution in [2.75, 3.05) is 7.05 Å². The fraction of sp³-hybridized carbons (Fsp3) is 0.471. The van der Waals surface area contributed by atoms with E-state index in [1.165, 1.54) is 24.8 Å². The third-order valence-electron chi connectivity index (χ3n) is 5.35. The maximum Gasteiger partial charge on any atom is 0.141 e. The van der Waals surface area contributed by atoms with Crippen LogP contribution in [0.3, 0.4) is 0 Å². The maximum absolute atomic E-state index is 6.04. The van der Waals surface area contributed by atoms with Crippen LogP contribution in [0.2, 0.25) is 5.02 Å². The smallest absolute Gasteiger partial charge is 0.141 e. The van der Waals surface area contributed by atoms with Crippen molar-refractivity contribution in [2.45, 2.75) is 43.2 Å². The molecule has 0 radical (unpaired) electrons. The summed E-state index contributed by atoms with van der Waals surface area (Å²) in [7, 11) is 2.25. The molecule has 0 saturated carbocycles. The van der Waals surface area contributed by atoms with Gasteiger partial charge in [-0.3, -0.25) is 4.90 Å². The summed E-state index contributed by atoms with van der Waals surface area (Å²) in [4.78, 5) is 2.54. The molecule has 2 saturated heterocycles. The number of hydrogen-bond acceptors (Lipinski definition) is 3. The van der Waals surface area contributed by atoms with Gasteiger partial charge in [0.25, 0.3) is 0 Å². The summed E-state index contributed by atoms with van der Waals surface area (Å²) in [6.45, 7) is 0. The first-order chi connectivity index (χ1) is 10.2. The van der Waals surface area contributed by atoms with Crippen LogP contribution in [0.15, 0.2) is 41.1 Å². The van der Waals surface area contributed by atoms with E-state index < -0.39 is 0 Å². The summed E-state index contributed by atoms with van der Waals surface area (Å²) in [5.74, 6) is 1.90. The third kappa shape index (κ3) is 2.19. The van der Waals surface area contributed by atoms with E-state index in [9.17, 15) is 0 Å². The predicted octanol–water partition coefficient (Wildman–Crippen LogP) is 4.06. The minimum absolute atomic E-state index is 0.387. The minimum atomic E-state index is 0.387. The van der Waals surface area contributed by atoms with Gasteiger partial charge in [-0.1, -0.05) is 28.9 Å². The molecular formula is C17H19ClN2O. The molecule has 110 valence electrons. The van der Waals surface area contributed by atoms with E-state index in [2.05, 4.69) is 29.2 Å². The van der Waals surface area contributed by atoms with E-state index in [1.54, 1.807) is 6.20 Å². The van der Waals surface area contributed by atoms with Gasteiger partial charge in [0.1, 0.15) is 5.76 Å². The molecule has 1 aromatic heterocycles. The van der Waals surface area contributed by atoms with Crippen LogP contribution in [0.25, 0.3) is 0 Å². The standard InChI is InChI=1S/C17H19ClN2O/c1-20-13-6-7-15(20)17(16-8-9-19-21-16)14(10-13)11-2-4-12(18)5-3-11/h2-5,8-9,13-15,17H,6-7,10H2,1H3/t13-,14-,15?,17+/m1/s1. The van der Waals surface area contributed by atoms with Crippen molar-refractivity contribution in [2.24, 2.45) is 0 Å². The van der Waals surface area contributed by atoms with Gasteiger partial charge in [-0.15, -0.1) is 0 Å². The summed E-state index contributed by atoms with van der Waals surface area (Å²) in [5, 5.41) is 4.73. The van der Waals surface area contributed by atoms with Crippen molar-refractivity contribution >= 4 is 11.6 Å². The largest absolute Gasteiger partial charge is 0.361 e. The SMILES string of the molecule is CN1C2CC[C@@H]1C[C@H](c1ccc(Cl)cc1)[C@@H]2c1ccno1. The molecule has 2 fully saturated rings. The van der Waals surface area contributed by atoms with Crippen molar-refractivity contribution in [1.82, 2.24) is 10.1 Å². The molecule has 2 bridgehead atoms. The van der Waals surface area contributed by atoms with E-state index in [-0.39, 0.29) is 0 Å². The summed E-state index contributed by atoms with van der Waals surface area (Å²) in [6.07, 6.45) is 5.47. The van der Waals surface area contributed by atoms with Crippen LogP contribution in [-0.4, -0.2) is 29.2 Å². The number of aromatic nitrogens is 1. The highest BCUT2D eigenvalue weighted by atomic mass is 35.5. The van der Waals surface area contributed by atoms with Gasteiger partial charge in [-0.2, -0.15) is 0 Å². The highest BCUT2D eigenvalue weighted by molar-refractivity contribution is 6.30. The lowest BCUT2D eigenvalue weighted by Crippen LogP contribution is -2.44. The van der Waals surface area contributed by atoms with Gasteiger partial charge >= 0.3 is 0 Å². The first-order valence-electron chi connectivity index (χ1n) is 7.62. The van der Waals surface area contributed by atoms with Gasteiger partial charge < -0.3 is 4.52 Å². The molecule has 0 N–H and O–H groups in total. The molecule has 2 aliphatic heterocycles. The van der Waals surface area contributed by atoms with Crippen molar-refractivity contribution in [3.05, 3.63) is 52.9 Å². The summed E-state index contributed by atoms with van der Waals surface area (Å²) in [6, 6.07) is 11.6. The molecule has 3 heterocycles. The maximum atomic E-state index is 6.04. The zero-order chi connectivity index (χ0) is 14.4. The molecule has 0 spiro atoms. The molecule has 0 amide bonds. The Morgan fingerprint density at radius 2 is 2.00 bits per heavy atom. The van der Waals surface area contributed by atoms with Gasteiger partial charge in [0.15, 0.2) is 0 Å². The Labute approximate surface area is 129 Å². The lowest BCUT2D eigenvalue weighted by molar-refractivity contribution is 0.122. The predicted molar refractivity (Wildman–Crippen MR) is 82.6 cm³/mol. The Morgan fingerprint density at radius 1 is 1.19 bits per heavy atom. The van der Waals surface area contributed by atoms with Crippen molar-refractivity contribution < 1.29 is 4.52 Å². The van der Waals surface area contributed by atoms with E-state index in [1.807, 2.05) is 18.2 Å². The molecule has 2 aliphatic rings. The monoisotopic (exact) mass is 302 g/mol. The summed E-state index contributed by atoms with van der Waals surface area (Å²) >= 11 is 6.04. The number of rotatable bonds is 2. The molecule has 21 heavy (non-hydrogen) atoms. The minimum Gasteiger partial charge on any atom is -0.361 e. The number of halogens is 1. The lowest BCUT2D eigenvalue weighted by atomic mass is 9.75. The highest BCUT2D eigenvalue weighted by Gasteiger charge is 2.47.